The molecule has 0 unspecified atom stereocenters. The highest BCUT2D eigenvalue weighted by Gasteiger charge is 2.15. The number of anilines is 1. The zero-order chi connectivity index (χ0) is 13.4. The van der Waals surface area contributed by atoms with Crippen molar-refractivity contribution in [1.82, 2.24) is 4.98 Å². The van der Waals surface area contributed by atoms with E-state index in [4.69, 9.17) is 14.6 Å². The molecule has 0 radical (unpaired) electrons. The van der Waals surface area contributed by atoms with Crippen LogP contribution in [-0.4, -0.2) is 56.6 Å². The third kappa shape index (κ3) is 3.97. The molecule has 0 saturated heterocycles. The van der Waals surface area contributed by atoms with Gasteiger partial charge in [-0.25, -0.2) is 4.79 Å². The number of rotatable bonds is 8. The van der Waals surface area contributed by atoms with Crippen molar-refractivity contribution in [2.24, 2.45) is 0 Å². The van der Waals surface area contributed by atoms with Gasteiger partial charge in [0.25, 0.3) is 0 Å². The van der Waals surface area contributed by atoms with E-state index < -0.39 is 5.97 Å². The zero-order valence-electron chi connectivity index (χ0n) is 10.6. The number of aromatic nitrogens is 1. The van der Waals surface area contributed by atoms with Crippen molar-refractivity contribution in [3.05, 3.63) is 24.0 Å². The van der Waals surface area contributed by atoms with E-state index in [0.29, 0.717) is 32.0 Å². The monoisotopic (exact) mass is 254 g/mol. The van der Waals surface area contributed by atoms with Gasteiger partial charge in [0.2, 0.25) is 0 Å². The number of nitrogens with zero attached hydrogens (tertiary/aromatic N) is 2. The van der Waals surface area contributed by atoms with E-state index in [-0.39, 0.29) is 5.56 Å². The standard InChI is InChI=1S/C12H18N2O4/c1-17-7-5-14(6-8-18-2)11-9-13-4-3-10(11)12(15)16/h3-4,9H,5-8H2,1-2H3,(H,15,16). The average Bonchev–Trinajstić information content (AvgIpc) is 2.39. The Balaban J connectivity index is 2.92. The molecule has 0 aliphatic carbocycles. The number of hydrogen-bond donors (Lipinski definition) is 1. The van der Waals surface area contributed by atoms with Crippen LogP contribution in [0.25, 0.3) is 0 Å². The van der Waals surface area contributed by atoms with Crippen molar-refractivity contribution in [3.8, 4) is 0 Å². The lowest BCUT2D eigenvalue weighted by atomic mass is 10.2. The highest BCUT2D eigenvalue weighted by atomic mass is 16.5. The molecule has 100 valence electrons. The van der Waals surface area contributed by atoms with E-state index in [1.54, 1.807) is 20.4 Å². The van der Waals surface area contributed by atoms with Crippen LogP contribution in [0.3, 0.4) is 0 Å². The van der Waals surface area contributed by atoms with Gasteiger partial charge in [-0.15, -0.1) is 0 Å². The van der Waals surface area contributed by atoms with Crippen LogP contribution in [0.5, 0.6) is 0 Å². The molecule has 6 heteroatoms. The van der Waals surface area contributed by atoms with Gasteiger partial charge in [0.05, 0.1) is 30.7 Å². The van der Waals surface area contributed by atoms with Crippen molar-refractivity contribution in [2.75, 3.05) is 45.4 Å². The molecule has 0 spiro atoms. The highest BCUT2D eigenvalue weighted by Crippen LogP contribution is 2.18. The number of pyridine rings is 1. The van der Waals surface area contributed by atoms with Gasteiger partial charge in [-0.05, 0) is 6.07 Å². The van der Waals surface area contributed by atoms with Crippen molar-refractivity contribution in [2.45, 2.75) is 0 Å². The fourth-order valence-corrected chi connectivity index (χ4v) is 1.57. The van der Waals surface area contributed by atoms with Gasteiger partial charge in [-0.3, -0.25) is 4.98 Å². The van der Waals surface area contributed by atoms with Crippen LogP contribution in [0.15, 0.2) is 18.5 Å². The van der Waals surface area contributed by atoms with Crippen molar-refractivity contribution in [1.29, 1.82) is 0 Å². The Bertz CT molecular complexity index is 376. The lowest BCUT2D eigenvalue weighted by Crippen LogP contribution is -2.32. The Morgan fingerprint density at radius 3 is 2.44 bits per heavy atom. The van der Waals surface area contributed by atoms with Crippen LogP contribution < -0.4 is 4.90 Å². The van der Waals surface area contributed by atoms with Crippen LogP contribution in [0.2, 0.25) is 0 Å². The second-order valence-electron chi connectivity index (χ2n) is 3.67. The Morgan fingerprint density at radius 1 is 1.33 bits per heavy atom. The maximum atomic E-state index is 11.2. The Kier molecular flexibility index (Phi) is 6.10. The summed E-state index contributed by atoms with van der Waals surface area (Å²) in [6.45, 7) is 2.20. The maximum Gasteiger partial charge on any atom is 0.337 e. The first-order valence-electron chi connectivity index (χ1n) is 5.60. The SMILES string of the molecule is COCCN(CCOC)c1cnccc1C(=O)O. The molecular weight excluding hydrogens is 236 g/mol. The van der Waals surface area contributed by atoms with E-state index in [2.05, 4.69) is 4.98 Å². The molecule has 1 heterocycles. The number of carboxylic acids is 1. The summed E-state index contributed by atoms with van der Waals surface area (Å²) in [5, 5.41) is 9.15. The third-order valence-corrected chi connectivity index (χ3v) is 2.50. The quantitative estimate of drug-likeness (QED) is 0.742. The second-order valence-corrected chi connectivity index (χ2v) is 3.67. The lowest BCUT2D eigenvalue weighted by Gasteiger charge is -2.25. The molecule has 1 N–H and O–H groups in total. The summed E-state index contributed by atoms with van der Waals surface area (Å²) in [5.41, 5.74) is 0.816. The number of aromatic carboxylic acids is 1. The van der Waals surface area contributed by atoms with E-state index in [0.717, 1.165) is 0 Å². The largest absolute Gasteiger partial charge is 0.478 e. The number of carbonyl (C=O) groups is 1. The predicted octanol–water partition coefficient (Wildman–Crippen LogP) is 0.879. The van der Waals surface area contributed by atoms with Gasteiger partial charge in [-0.2, -0.15) is 0 Å². The molecule has 0 aromatic carbocycles. The summed E-state index contributed by atoms with van der Waals surface area (Å²) in [6, 6.07) is 1.49. The Hall–Kier alpha value is -1.66. The van der Waals surface area contributed by atoms with Crippen LogP contribution in [0, 0.1) is 0 Å². The lowest BCUT2D eigenvalue weighted by molar-refractivity contribution is 0.0697. The number of ether oxygens (including phenoxy) is 2. The molecule has 1 aromatic heterocycles. The van der Waals surface area contributed by atoms with Crippen LogP contribution in [0.4, 0.5) is 5.69 Å². The number of carboxylic acid groups (broad SMARTS) is 1. The fourth-order valence-electron chi connectivity index (χ4n) is 1.57. The molecular formula is C12H18N2O4. The van der Waals surface area contributed by atoms with Gasteiger partial charge >= 0.3 is 5.97 Å². The van der Waals surface area contributed by atoms with Crippen molar-refractivity contribution >= 4 is 11.7 Å². The summed E-state index contributed by atoms with van der Waals surface area (Å²) >= 11 is 0. The summed E-state index contributed by atoms with van der Waals surface area (Å²) in [6.07, 6.45) is 3.02. The number of methoxy groups -OCH3 is 2. The van der Waals surface area contributed by atoms with E-state index in [9.17, 15) is 4.79 Å². The summed E-state index contributed by atoms with van der Waals surface area (Å²) in [4.78, 5) is 17.0. The predicted molar refractivity (Wildman–Crippen MR) is 67.2 cm³/mol. The van der Waals surface area contributed by atoms with Gasteiger partial charge in [0.1, 0.15) is 0 Å². The average molecular weight is 254 g/mol. The van der Waals surface area contributed by atoms with E-state index in [1.807, 2.05) is 4.90 Å². The van der Waals surface area contributed by atoms with Gasteiger partial charge in [-0.1, -0.05) is 0 Å². The van der Waals surface area contributed by atoms with E-state index in [1.165, 1.54) is 12.3 Å². The van der Waals surface area contributed by atoms with Crippen LogP contribution >= 0.6 is 0 Å². The first-order chi connectivity index (χ1) is 8.70. The minimum absolute atomic E-state index is 0.234. The molecule has 0 aliphatic rings. The van der Waals surface area contributed by atoms with E-state index >= 15 is 0 Å². The third-order valence-electron chi connectivity index (χ3n) is 2.50. The molecule has 0 fully saturated rings. The van der Waals surface area contributed by atoms with Gasteiger partial charge < -0.3 is 19.5 Å². The van der Waals surface area contributed by atoms with Crippen molar-refractivity contribution in [3.63, 3.8) is 0 Å². The van der Waals surface area contributed by atoms with Crippen LogP contribution in [0.1, 0.15) is 10.4 Å². The highest BCUT2D eigenvalue weighted by molar-refractivity contribution is 5.94. The number of hydrogen-bond acceptors (Lipinski definition) is 5. The minimum atomic E-state index is -0.966. The molecule has 0 amide bonds. The molecule has 18 heavy (non-hydrogen) atoms. The molecule has 0 saturated carbocycles. The zero-order valence-corrected chi connectivity index (χ0v) is 10.6. The van der Waals surface area contributed by atoms with Gasteiger partial charge in [0.15, 0.2) is 0 Å². The first kappa shape index (κ1) is 14.4. The molecule has 1 aromatic rings. The minimum Gasteiger partial charge on any atom is -0.478 e. The van der Waals surface area contributed by atoms with Crippen LogP contribution in [-0.2, 0) is 9.47 Å². The normalized spacial score (nSPS) is 10.3. The molecule has 0 aliphatic heterocycles. The molecule has 1 rings (SSSR count). The van der Waals surface area contributed by atoms with Gasteiger partial charge in [0, 0.05) is 33.5 Å². The first-order valence-corrected chi connectivity index (χ1v) is 5.60. The molecule has 6 nitrogen and oxygen atoms in total. The maximum absolute atomic E-state index is 11.2. The smallest absolute Gasteiger partial charge is 0.337 e. The Labute approximate surface area is 106 Å². The molecule has 0 atom stereocenters. The summed E-state index contributed by atoms with van der Waals surface area (Å²) in [5.74, 6) is -0.966. The second kappa shape index (κ2) is 7.62. The van der Waals surface area contributed by atoms with Crippen molar-refractivity contribution < 1.29 is 19.4 Å². The summed E-state index contributed by atoms with van der Waals surface area (Å²) in [7, 11) is 3.21. The Morgan fingerprint density at radius 2 is 1.94 bits per heavy atom. The summed E-state index contributed by atoms with van der Waals surface area (Å²) < 4.78 is 10.0. The topological polar surface area (TPSA) is 71.9 Å². The molecule has 0 bridgehead atoms. The fraction of sp³-hybridized carbons (Fsp3) is 0.500.